The molecule has 100 valence electrons. The summed E-state index contributed by atoms with van der Waals surface area (Å²) in [6, 6.07) is 7.08. The Balaban J connectivity index is 2.12. The highest BCUT2D eigenvalue weighted by Gasteiger charge is 2.13. The van der Waals surface area contributed by atoms with Gasteiger partial charge in [0, 0.05) is 26.4 Å². The van der Waals surface area contributed by atoms with Crippen molar-refractivity contribution in [1.29, 1.82) is 0 Å². The number of hydrogen-bond acceptors (Lipinski definition) is 3. The predicted molar refractivity (Wildman–Crippen MR) is 81.9 cm³/mol. The number of anilines is 1. The number of aromatic carboxylic acids is 1. The lowest BCUT2D eigenvalue weighted by atomic mass is 10.2. The molecule has 0 aliphatic heterocycles. The summed E-state index contributed by atoms with van der Waals surface area (Å²) in [5, 5.41) is 12.8. The van der Waals surface area contributed by atoms with Crippen LogP contribution in [0.15, 0.2) is 28.7 Å². The number of aryl methyl sites for hydroxylation is 1. The summed E-state index contributed by atoms with van der Waals surface area (Å²) in [7, 11) is 0. The molecule has 0 spiro atoms. The number of carboxylic acid groups (broad SMARTS) is 1. The zero-order chi connectivity index (χ0) is 14.0. The fraction of sp³-hybridized carbons (Fsp3) is 0.154. The molecule has 0 saturated heterocycles. The Kier molecular flexibility index (Phi) is 4.36. The summed E-state index contributed by atoms with van der Waals surface area (Å²) in [4.78, 5) is 10.8. The molecule has 6 heteroatoms. The molecule has 0 aliphatic rings. The zero-order valence-electron chi connectivity index (χ0n) is 10.0. The number of halogens is 2. The average Bonchev–Trinajstić information content (AvgIpc) is 2.70. The Morgan fingerprint density at radius 1 is 1.47 bits per heavy atom. The van der Waals surface area contributed by atoms with Gasteiger partial charge in [-0.25, -0.2) is 4.79 Å². The molecule has 2 rings (SSSR count). The molecule has 0 radical (unpaired) electrons. The normalized spacial score (nSPS) is 10.5. The van der Waals surface area contributed by atoms with E-state index in [-0.39, 0.29) is 5.76 Å². The molecule has 1 aromatic heterocycles. The van der Waals surface area contributed by atoms with Gasteiger partial charge < -0.3 is 14.8 Å². The van der Waals surface area contributed by atoms with E-state index in [9.17, 15) is 4.79 Å². The largest absolute Gasteiger partial charge is 0.475 e. The van der Waals surface area contributed by atoms with Gasteiger partial charge >= 0.3 is 5.97 Å². The van der Waals surface area contributed by atoms with Crippen molar-refractivity contribution in [2.75, 3.05) is 5.32 Å². The van der Waals surface area contributed by atoms with Crippen LogP contribution in [0.1, 0.15) is 21.9 Å². The zero-order valence-corrected chi connectivity index (χ0v) is 12.9. The minimum Gasteiger partial charge on any atom is -0.475 e. The molecule has 0 unspecified atom stereocenters. The van der Waals surface area contributed by atoms with Gasteiger partial charge in [-0.15, -0.1) is 0 Å². The maximum absolute atomic E-state index is 10.8. The minimum absolute atomic E-state index is 0.0416. The first-order valence-corrected chi connectivity index (χ1v) is 6.94. The van der Waals surface area contributed by atoms with E-state index in [0.717, 1.165) is 14.8 Å². The number of nitrogens with one attached hydrogen (secondary N) is 1. The molecule has 1 aromatic carbocycles. The van der Waals surface area contributed by atoms with Gasteiger partial charge in [0.15, 0.2) is 0 Å². The van der Waals surface area contributed by atoms with E-state index in [0.29, 0.717) is 17.3 Å². The molecule has 0 amide bonds. The van der Waals surface area contributed by atoms with Crippen molar-refractivity contribution in [2.24, 2.45) is 0 Å². The molecule has 0 fully saturated rings. The van der Waals surface area contributed by atoms with E-state index in [1.165, 1.54) is 6.07 Å². The standard InChI is InChI=1S/C13H11ClINO3/c1-7-8(4-12(19-7)13(17)18)6-16-11-3-2-9(14)5-10(11)15/h2-5,16H,6H2,1H3,(H,17,18). The molecule has 2 aromatic rings. The average molecular weight is 392 g/mol. The van der Waals surface area contributed by atoms with Crippen LogP contribution in [0.3, 0.4) is 0 Å². The van der Waals surface area contributed by atoms with E-state index >= 15 is 0 Å². The summed E-state index contributed by atoms with van der Waals surface area (Å²) in [6.07, 6.45) is 0. The van der Waals surface area contributed by atoms with Crippen LogP contribution in [0.25, 0.3) is 0 Å². The van der Waals surface area contributed by atoms with E-state index in [2.05, 4.69) is 27.9 Å². The molecule has 19 heavy (non-hydrogen) atoms. The quantitative estimate of drug-likeness (QED) is 0.769. The molecular formula is C13H11ClINO3. The lowest BCUT2D eigenvalue weighted by Crippen LogP contribution is -2.01. The second-order valence-corrected chi connectivity index (χ2v) is 5.57. The Labute approximate surface area is 128 Å². The highest BCUT2D eigenvalue weighted by molar-refractivity contribution is 14.1. The number of rotatable bonds is 4. The lowest BCUT2D eigenvalue weighted by Gasteiger charge is -2.08. The van der Waals surface area contributed by atoms with Gasteiger partial charge in [0.25, 0.3) is 0 Å². The van der Waals surface area contributed by atoms with Crippen LogP contribution in [0, 0.1) is 10.5 Å². The van der Waals surface area contributed by atoms with Gasteiger partial charge in [-0.1, -0.05) is 11.6 Å². The summed E-state index contributed by atoms with van der Waals surface area (Å²) in [5.74, 6) is -0.496. The summed E-state index contributed by atoms with van der Waals surface area (Å²) >= 11 is 8.07. The van der Waals surface area contributed by atoms with Gasteiger partial charge in [0.05, 0.1) is 0 Å². The molecule has 4 nitrogen and oxygen atoms in total. The van der Waals surface area contributed by atoms with Gasteiger partial charge in [-0.3, -0.25) is 0 Å². The predicted octanol–water partition coefficient (Wildman–Crippen LogP) is 4.16. The number of hydrogen-bond donors (Lipinski definition) is 2. The lowest BCUT2D eigenvalue weighted by molar-refractivity contribution is 0.0661. The van der Waals surface area contributed by atoms with Crippen molar-refractivity contribution >= 4 is 45.8 Å². The highest BCUT2D eigenvalue weighted by atomic mass is 127. The minimum atomic E-state index is -1.06. The first kappa shape index (κ1) is 14.2. The molecule has 0 saturated carbocycles. The smallest absolute Gasteiger partial charge is 0.371 e. The SMILES string of the molecule is Cc1oc(C(=O)O)cc1CNc1ccc(Cl)cc1I. The fourth-order valence-electron chi connectivity index (χ4n) is 1.62. The van der Waals surface area contributed by atoms with E-state index in [1.54, 1.807) is 13.0 Å². The number of carboxylic acids is 1. The Morgan fingerprint density at radius 2 is 2.21 bits per heavy atom. The van der Waals surface area contributed by atoms with Crippen molar-refractivity contribution in [3.63, 3.8) is 0 Å². The summed E-state index contributed by atoms with van der Waals surface area (Å²) in [5.41, 5.74) is 1.77. The molecule has 0 aliphatic carbocycles. The molecule has 1 heterocycles. The van der Waals surface area contributed by atoms with Gasteiger partial charge in [0.2, 0.25) is 5.76 Å². The van der Waals surface area contributed by atoms with Crippen molar-refractivity contribution < 1.29 is 14.3 Å². The highest BCUT2D eigenvalue weighted by Crippen LogP contribution is 2.23. The third-order valence-electron chi connectivity index (χ3n) is 2.63. The first-order valence-electron chi connectivity index (χ1n) is 5.49. The number of furan rings is 1. The number of carbonyl (C=O) groups is 1. The summed E-state index contributed by atoms with van der Waals surface area (Å²) < 4.78 is 6.16. The number of benzene rings is 1. The molecular weight excluding hydrogens is 381 g/mol. The van der Waals surface area contributed by atoms with Crippen LogP contribution in [0.2, 0.25) is 5.02 Å². The van der Waals surface area contributed by atoms with Gasteiger partial charge in [-0.05, 0) is 53.8 Å². The van der Waals surface area contributed by atoms with Crippen LogP contribution in [-0.2, 0) is 6.54 Å². The van der Waals surface area contributed by atoms with Gasteiger partial charge in [-0.2, -0.15) is 0 Å². The van der Waals surface area contributed by atoms with E-state index < -0.39 is 5.97 Å². The van der Waals surface area contributed by atoms with E-state index in [1.807, 2.05) is 12.1 Å². The second-order valence-electron chi connectivity index (χ2n) is 3.97. The second kappa shape index (κ2) is 5.83. The van der Waals surface area contributed by atoms with Gasteiger partial charge in [0.1, 0.15) is 5.76 Å². The molecule has 0 bridgehead atoms. The van der Waals surface area contributed by atoms with Crippen molar-refractivity contribution in [3.8, 4) is 0 Å². The Morgan fingerprint density at radius 3 is 2.79 bits per heavy atom. The van der Waals surface area contributed by atoms with Crippen molar-refractivity contribution in [2.45, 2.75) is 13.5 Å². The Bertz CT molecular complexity index is 624. The third-order valence-corrected chi connectivity index (χ3v) is 3.76. The topological polar surface area (TPSA) is 62.5 Å². The molecule has 2 N–H and O–H groups in total. The molecule has 0 atom stereocenters. The van der Waals surface area contributed by atoms with Crippen LogP contribution >= 0.6 is 34.2 Å². The van der Waals surface area contributed by atoms with Crippen LogP contribution in [0.5, 0.6) is 0 Å². The monoisotopic (exact) mass is 391 g/mol. The maximum Gasteiger partial charge on any atom is 0.371 e. The third kappa shape index (κ3) is 3.42. The van der Waals surface area contributed by atoms with E-state index in [4.69, 9.17) is 21.1 Å². The summed E-state index contributed by atoms with van der Waals surface area (Å²) in [6.45, 7) is 2.25. The first-order chi connectivity index (χ1) is 8.97. The van der Waals surface area contributed by atoms with Crippen molar-refractivity contribution in [3.05, 3.63) is 49.9 Å². The van der Waals surface area contributed by atoms with Crippen LogP contribution in [0.4, 0.5) is 5.69 Å². The van der Waals surface area contributed by atoms with Crippen LogP contribution in [-0.4, -0.2) is 11.1 Å². The fourth-order valence-corrected chi connectivity index (χ4v) is 2.69. The van der Waals surface area contributed by atoms with Crippen molar-refractivity contribution in [1.82, 2.24) is 0 Å². The maximum atomic E-state index is 10.8. The van der Waals surface area contributed by atoms with Crippen LogP contribution < -0.4 is 5.32 Å². The Hall–Kier alpha value is -1.21.